The Morgan fingerprint density at radius 2 is 1.73 bits per heavy atom. The van der Waals surface area contributed by atoms with Gasteiger partial charge in [0.25, 0.3) is 0 Å². The molecule has 1 aromatic heterocycles. The van der Waals surface area contributed by atoms with Crippen LogP contribution in [0.4, 0.5) is 0 Å². The molecule has 0 saturated heterocycles. The number of nitrogens with zero attached hydrogens (tertiary/aromatic N) is 1. The van der Waals surface area contributed by atoms with Crippen molar-refractivity contribution in [2.45, 2.75) is 58.3 Å². The number of hydrogen-bond donors (Lipinski definition) is 0. The molecule has 1 saturated carbocycles. The van der Waals surface area contributed by atoms with Gasteiger partial charge < -0.3 is 4.74 Å². The average Bonchev–Trinajstić information content (AvgIpc) is 2.72. The van der Waals surface area contributed by atoms with Crippen LogP contribution in [-0.2, 0) is 0 Å². The quantitative estimate of drug-likeness (QED) is 0.623. The number of hydrogen-bond acceptors (Lipinski definition) is 2. The Balaban J connectivity index is 1.59. The highest BCUT2D eigenvalue weighted by Crippen LogP contribution is 2.36. The molecule has 2 aromatic rings. The van der Waals surface area contributed by atoms with Gasteiger partial charge in [0.15, 0.2) is 0 Å². The Morgan fingerprint density at radius 1 is 0.962 bits per heavy atom. The van der Waals surface area contributed by atoms with Crippen LogP contribution in [0.2, 0.25) is 0 Å². The summed E-state index contributed by atoms with van der Waals surface area (Å²) in [6, 6.07) is 12.7. The Hall–Kier alpha value is -2.27. The third-order valence-corrected chi connectivity index (χ3v) is 5.35. The fourth-order valence-corrected chi connectivity index (χ4v) is 3.64. The SMILES string of the molecule is CCCOc1ccc(C#Cc2ccc([C@H]3CC[C@H](CC)CC3)cc2)nc1. The smallest absolute Gasteiger partial charge is 0.137 e. The highest BCUT2D eigenvalue weighted by molar-refractivity contribution is 5.42. The summed E-state index contributed by atoms with van der Waals surface area (Å²) in [7, 11) is 0. The van der Waals surface area contributed by atoms with Crippen molar-refractivity contribution in [2.24, 2.45) is 5.92 Å². The molecule has 1 heterocycles. The molecule has 1 aliphatic rings. The van der Waals surface area contributed by atoms with Crippen molar-refractivity contribution >= 4 is 0 Å². The summed E-state index contributed by atoms with van der Waals surface area (Å²) in [5.41, 5.74) is 3.29. The van der Waals surface area contributed by atoms with Crippen molar-refractivity contribution in [3.63, 3.8) is 0 Å². The van der Waals surface area contributed by atoms with Crippen molar-refractivity contribution in [3.05, 3.63) is 59.4 Å². The second-order valence-corrected chi connectivity index (χ2v) is 7.23. The fraction of sp³-hybridized carbons (Fsp3) is 0.458. The summed E-state index contributed by atoms with van der Waals surface area (Å²) < 4.78 is 5.55. The minimum absolute atomic E-state index is 0.721. The molecule has 0 spiro atoms. The first-order chi connectivity index (χ1) is 12.8. The maximum Gasteiger partial charge on any atom is 0.137 e. The number of rotatable bonds is 5. The van der Waals surface area contributed by atoms with Crippen molar-refractivity contribution in [2.75, 3.05) is 6.61 Å². The van der Waals surface area contributed by atoms with Crippen LogP contribution in [0.1, 0.15) is 75.1 Å². The molecular weight excluding hydrogens is 318 g/mol. The lowest BCUT2D eigenvalue weighted by Gasteiger charge is -2.28. The van der Waals surface area contributed by atoms with Gasteiger partial charge in [0, 0.05) is 5.56 Å². The van der Waals surface area contributed by atoms with E-state index >= 15 is 0 Å². The largest absolute Gasteiger partial charge is 0.492 e. The molecular formula is C24H29NO. The van der Waals surface area contributed by atoms with E-state index in [1.54, 1.807) is 6.20 Å². The Morgan fingerprint density at radius 3 is 2.35 bits per heavy atom. The topological polar surface area (TPSA) is 22.1 Å². The van der Waals surface area contributed by atoms with Crippen LogP contribution >= 0.6 is 0 Å². The summed E-state index contributed by atoms with van der Waals surface area (Å²) in [6.45, 7) is 5.13. The van der Waals surface area contributed by atoms with Crippen molar-refractivity contribution in [1.29, 1.82) is 0 Å². The standard InChI is InChI=1S/C24H29NO/c1-3-17-26-24-16-15-23(25-18-24)14-9-20-7-12-22(13-8-20)21-10-5-19(4-2)6-11-21/h7-8,12-13,15-16,18-19,21H,3-6,10-11,17H2,1-2H3/t19-,21-. The van der Waals surface area contributed by atoms with E-state index in [9.17, 15) is 0 Å². The first kappa shape index (κ1) is 18.5. The molecule has 0 amide bonds. The summed E-state index contributed by atoms with van der Waals surface area (Å²) in [5.74, 6) is 8.84. The predicted octanol–water partition coefficient (Wildman–Crippen LogP) is 5.95. The molecule has 1 fully saturated rings. The van der Waals surface area contributed by atoms with Crippen molar-refractivity contribution in [3.8, 4) is 17.6 Å². The monoisotopic (exact) mass is 347 g/mol. The molecule has 2 heteroatoms. The van der Waals surface area contributed by atoms with Gasteiger partial charge in [0.05, 0.1) is 12.8 Å². The van der Waals surface area contributed by atoms with Gasteiger partial charge in [-0.2, -0.15) is 0 Å². The summed E-state index contributed by atoms with van der Waals surface area (Å²) in [5, 5.41) is 0. The number of ether oxygens (including phenoxy) is 1. The molecule has 1 aromatic carbocycles. The lowest BCUT2D eigenvalue weighted by Crippen LogP contribution is -2.12. The first-order valence-electron chi connectivity index (χ1n) is 9.99. The van der Waals surface area contributed by atoms with Gasteiger partial charge in [-0.3, -0.25) is 0 Å². The van der Waals surface area contributed by atoms with E-state index in [4.69, 9.17) is 4.74 Å². The van der Waals surface area contributed by atoms with Crippen LogP contribution in [-0.4, -0.2) is 11.6 Å². The number of pyridine rings is 1. The van der Waals surface area contributed by atoms with Gasteiger partial charge in [0.1, 0.15) is 11.4 Å². The average molecular weight is 348 g/mol. The van der Waals surface area contributed by atoms with Gasteiger partial charge in [-0.05, 0) is 79.7 Å². The normalized spacial score (nSPS) is 19.5. The first-order valence-corrected chi connectivity index (χ1v) is 9.99. The van der Waals surface area contributed by atoms with E-state index in [0.29, 0.717) is 0 Å². The molecule has 0 atom stereocenters. The van der Waals surface area contributed by atoms with E-state index in [1.807, 2.05) is 12.1 Å². The zero-order chi connectivity index (χ0) is 18.2. The van der Waals surface area contributed by atoms with Crippen LogP contribution < -0.4 is 4.74 Å². The van der Waals surface area contributed by atoms with Crippen molar-refractivity contribution < 1.29 is 4.74 Å². The Kier molecular flexibility index (Phi) is 6.72. The van der Waals surface area contributed by atoms with E-state index in [1.165, 1.54) is 37.7 Å². The van der Waals surface area contributed by atoms with E-state index in [-0.39, 0.29) is 0 Å². The maximum atomic E-state index is 5.55. The minimum atomic E-state index is 0.721. The summed E-state index contributed by atoms with van der Waals surface area (Å²) >= 11 is 0. The zero-order valence-electron chi connectivity index (χ0n) is 16.0. The lowest BCUT2D eigenvalue weighted by atomic mass is 9.78. The Bertz CT molecular complexity index is 729. The molecule has 1 aliphatic carbocycles. The fourth-order valence-electron chi connectivity index (χ4n) is 3.64. The van der Waals surface area contributed by atoms with Gasteiger partial charge >= 0.3 is 0 Å². The predicted molar refractivity (Wildman–Crippen MR) is 107 cm³/mol. The number of benzene rings is 1. The van der Waals surface area contributed by atoms with Gasteiger partial charge in [-0.1, -0.05) is 38.3 Å². The molecule has 136 valence electrons. The van der Waals surface area contributed by atoms with Gasteiger partial charge in [-0.25, -0.2) is 4.98 Å². The highest BCUT2D eigenvalue weighted by atomic mass is 16.5. The second-order valence-electron chi connectivity index (χ2n) is 7.23. The van der Waals surface area contributed by atoms with Crippen LogP contribution in [0, 0.1) is 17.8 Å². The highest BCUT2D eigenvalue weighted by Gasteiger charge is 2.20. The third-order valence-electron chi connectivity index (χ3n) is 5.35. The maximum absolute atomic E-state index is 5.55. The van der Waals surface area contributed by atoms with Gasteiger partial charge in [0.2, 0.25) is 0 Å². The van der Waals surface area contributed by atoms with Crippen LogP contribution in [0.25, 0.3) is 0 Å². The molecule has 2 nitrogen and oxygen atoms in total. The van der Waals surface area contributed by atoms with E-state index in [2.05, 4.69) is 54.9 Å². The molecule has 0 radical (unpaired) electrons. The minimum Gasteiger partial charge on any atom is -0.492 e. The van der Waals surface area contributed by atoms with E-state index in [0.717, 1.165) is 41.9 Å². The molecule has 26 heavy (non-hydrogen) atoms. The molecule has 0 N–H and O–H groups in total. The van der Waals surface area contributed by atoms with Crippen LogP contribution in [0.3, 0.4) is 0 Å². The molecule has 3 rings (SSSR count). The summed E-state index contributed by atoms with van der Waals surface area (Å²) in [6.07, 6.45) is 9.51. The van der Waals surface area contributed by atoms with Crippen molar-refractivity contribution in [1.82, 2.24) is 4.98 Å². The second kappa shape index (κ2) is 9.43. The lowest BCUT2D eigenvalue weighted by molar-refractivity contribution is 0.316. The molecule has 0 aliphatic heterocycles. The third kappa shape index (κ3) is 5.11. The van der Waals surface area contributed by atoms with E-state index < -0.39 is 0 Å². The summed E-state index contributed by atoms with van der Waals surface area (Å²) in [4.78, 5) is 4.35. The Labute approximate surface area is 158 Å². The molecule has 0 bridgehead atoms. The van der Waals surface area contributed by atoms with Crippen LogP contribution in [0.15, 0.2) is 42.6 Å². The zero-order valence-corrected chi connectivity index (χ0v) is 16.0. The molecule has 0 unspecified atom stereocenters. The van der Waals surface area contributed by atoms with Crippen LogP contribution in [0.5, 0.6) is 5.75 Å². The number of aromatic nitrogens is 1. The van der Waals surface area contributed by atoms with Gasteiger partial charge in [-0.15, -0.1) is 0 Å².